The lowest BCUT2D eigenvalue weighted by Crippen LogP contribution is -2.55. The molecule has 0 radical (unpaired) electrons. The van der Waals surface area contributed by atoms with Crippen LogP contribution in [-0.2, 0) is 26.2 Å². The van der Waals surface area contributed by atoms with Crippen LogP contribution in [0.4, 0.5) is 5.69 Å². The van der Waals surface area contributed by atoms with Crippen LogP contribution >= 0.6 is 11.6 Å². The summed E-state index contributed by atoms with van der Waals surface area (Å²) in [6.07, 6.45) is 0.291. The molecule has 0 bridgehead atoms. The van der Waals surface area contributed by atoms with Crippen molar-refractivity contribution in [3.05, 3.63) is 82.9 Å². The van der Waals surface area contributed by atoms with Crippen molar-refractivity contribution in [2.75, 3.05) is 25.1 Å². The van der Waals surface area contributed by atoms with E-state index in [1.165, 1.54) is 37.3 Å². The number of anilines is 1. The fraction of sp³-hybridized carbons (Fsp3) is 0.375. The Balaban J connectivity index is 2.14. The van der Waals surface area contributed by atoms with E-state index in [1.54, 1.807) is 55.5 Å². The number of rotatable bonds is 12. The third-order valence-corrected chi connectivity index (χ3v) is 8.88. The molecule has 11 heteroatoms. The van der Waals surface area contributed by atoms with E-state index >= 15 is 0 Å². The number of hydrogen-bond donors (Lipinski definition) is 1. The van der Waals surface area contributed by atoms with Gasteiger partial charge < -0.3 is 19.7 Å². The highest BCUT2D eigenvalue weighted by atomic mass is 35.5. The Kier molecular flexibility index (Phi) is 11.1. The minimum atomic E-state index is -4.24. The van der Waals surface area contributed by atoms with Crippen LogP contribution in [0.3, 0.4) is 0 Å². The van der Waals surface area contributed by atoms with Crippen molar-refractivity contribution in [1.29, 1.82) is 0 Å². The second-order valence-corrected chi connectivity index (χ2v) is 13.4. The largest absolute Gasteiger partial charge is 0.493 e. The molecule has 3 rings (SSSR count). The van der Waals surface area contributed by atoms with E-state index in [0.29, 0.717) is 28.5 Å². The van der Waals surface area contributed by atoms with Crippen molar-refractivity contribution < 1.29 is 27.5 Å². The molecule has 0 aliphatic carbocycles. The maximum atomic E-state index is 14.3. The van der Waals surface area contributed by atoms with E-state index in [4.69, 9.17) is 21.1 Å². The molecule has 0 heterocycles. The lowest BCUT2D eigenvalue weighted by atomic mass is 10.1. The van der Waals surface area contributed by atoms with Gasteiger partial charge in [0.25, 0.3) is 10.0 Å². The molecule has 0 spiro atoms. The van der Waals surface area contributed by atoms with Gasteiger partial charge in [-0.3, -0.25) is 13.9 Å². The molecular formula is C32H40ClN3O6S. The van der Waals surface area contributed by atoms with E-state index in [-0.39, 0.29) is 23.0 Å². The molecule has 1 atom stereocenters. The van der Waals surface area contributed by atoms with Gasteiger partial charge in [0.05, 0.1) is 24.8 Å². The predicted octanol–water partition coefficient (Wildman–Crippen LogP) is 5.58. The first-order chi connectivity index (χ1) is 20.2. The van der Waals surface area contributed by atoms with E-state index in [1.807, 2.05) is 27.7 Å². The molecule has 0 saturated heterocycles. The normalized spacial score (nSPS) is 12.3. The SMILES string of the molecule is CCC(C(=O)NC(C)(C)C)N(Cc1ccccc1Cl)C(=O)CN(c1ccc(OC)c(OC)c1)S(=O)(=O)c1ccc(C)cc1. The van der Waals surface area contributed by atoms with E-state index in [2.05, 4.69) is 5.32 Å². The molecule has 2 amide bonds. The van der Waals surface area contributed by atoms with Crippen molar-refractivity contribution in [1.82, 2.24) is 10.2 Å². The Labute approximate surface area is 259 Å². The fourth-order valence-electron chi connectivity index (χ4n) is 4.53. The lowest BCUT2D eigenvalue weighted by Gasteiger charge is -2.35. The summed E-state index contributed by atoms with van der Waals surface area (Å²) in [4.78, 5) is 29.1. The molecule has 3 aromatic carbocycles. The Bertz CT molecular complexity index is 1540. The van der Waals surface area contributed by atoms with E-state index in [0.717, 1.165) is 9.87 Å². The zero-order chi connectivity index (χ0) is 31.9. The van der Waals surface area contributed by atoms with Crippen molar-refractivity contribution in [3.8, 4) is 11.5 Å². The summed E-state index contributed by atoms with van der Waals surface area (Å²) in [5, 5.41) is 3.38. The third kappa shape index (κ3) is 8.42. The number of sulfonamides is 1. The summed E-state index contributed by atoms with van der Waals surface area (Å²) in [6.45, 7) is 8.62. The average molecular weight is 630 g/mol. The molecule has 43 heavy (non-hydrogen) atoms. The van der Waals surface area contributed by atoms with Gasteiger partial charge in [0, 0.05) is 23.2 Å². The molecule has 0 aliphatic rings. The Morgan fingerprint density at radius 3 is 2.14 bits per heavy atom. The first-order valence-electron chi connectivity index (χ1n) is 13.9. The highest BCUT2D eigenvalue weighted by molar-refractivity contribution is 7.92. The zero-order valence-corrected chi connectivity index (χ0v) is 27.3. The monoisotopic (exact) mass is 629 g/mol. The Morgan fingerprint density at radius 1 is 0.953 bits per heavy atom. The Hall–Kier alpha value is -3.76. The minimum absolute atomic E-state index is 0.00106. The van der Waals surface area contributed by atoms with Crippen LogP contribution in [0.5, 0.6) is 11.5 Å². The van der Waals surface area contributed by atoms with Crippen LogP contribution in [0.2, 0.25) is 5.02 Å². The van der Waals surface area contributed by atoms with Gasteiger partial charge in [-0.15, -0.1) is 0 Å². The maximum absolute atomic E-state index is 14.3. The van der Waals surface area contributed by atoms with E-state index in [9.17, 15) is 18.0 Å². The summed E-state index contributed by atoms with van der Waals surface area (Å²) in [5.41, 5.74) is 1.15. The van der Waals surface area contributed by atoms with Gasteiger partial charge in [-0.2, -0.15) is 0 Å². The van der Waals surface area contributed by atoms with Crippen molar-refractivity contribution in [2.24, 2.45) is 0 Å². The van der Waals surface area contributed by atoms with Crippen LogP contribution < -0.4 is 19.1 Å². The summed E-state index contributed by atoms with van der Waals surface area (Å²) in [6, 6.07) is 17.1. The molecule has 0 fully saturated rings. The maximum Gasteiger partial charge on any atom is 0.264 e. The molecule has 1 unspecified atom stereocenters. The summed E-state index contributed by atoms with van der Waals surface area (Å²) >= 11 is 6.47. The molecule has 3 aromatic rings. The summed E-state index contributed by atoms with van der Waals surface area (Å²) < 4.78 is 40.0. The number of carbonyl (C=O) groups excluding carboxylic acids is 2. The molecule has 0 aromatic heterocycles. The molecule has 9 nitrogen and oxygen atoms in total. The summed E-state index contributed by atoms with van der Waals surface area (Å²) in [5.74, 6) is -0.244. The highest BCUT2D eigenvalue weighted by Gasteiger charge is 2.35. The van der Waals surface area contributed by atoms with Gasteiger partial charge in [0.2, 0.25) is 11.8 Å². The first kappa shape index (κ1) is 33.7. The number of nitrogens with one attached hydrogen (secondary N) is 1. The summed E-state index contributed by atoms with van der Waals surface area (Å²) in [7, 11) is -1.33. The average Bonchev–Trinajstić information content (AvgIpc) is 2.95. The standard InChI is InChI=1S/C32H40ClN3O6S/c1-8-27(31(38)34-32(3,4)5)35(20-23-11-9-10-12-26(23)33)30(37)21-36(24-15-18-28(41-6)29(19-24)42-7)43(39,40)25-16-13-22(2)14-17-25/h9-19,27H,8,20-21H2,1-7H3,(H,34,38). The van der Waals surface area contributed by atoms with Crippen molar-refractivity contribution in [2.45, 2.75) is 64.1 Å². The van der Waals surface area contributed by atoms with Crippen LogP contribution in [0.25, 0.3) is 0 Å². The molecule has 232 valence electrons. The number of halogens is 1. The topological polar surface area (TPSA) is 105 Å². The quantitative estimate of drug-likeness (QED) is 0.280. The van der Waals surface area contributed by atoms with Crippen LogP contribution in [0.1, 0.15) is 45.2 Å². The zero-order valence-electron chi connectivity index (χ0n) is 25.7. The number of methoxy groups -OCH3 is 2. The number of amides is 2. The lowest BCUT2D eigenvalue weighted by molar-refractivity contribution is -0.141. The van der Waals surface area contributed by atoms with Gasteiger partial charge in [-0.05, 0) is 70.0 Å². The van der Waals surface area contributed by atoms with E-state index < -0.39 is 34.1 Å². The van der Waals surface area contributed by atoms with Gasteiger partial charge in [0.1, 0.15) is 12.6 Å². The van der Waals surface area contributed by atoms with Crippen LogP contribution in [0.15, 0.2) is 71.6 Å². The van der Waals surface area contributed by atoms with Gasteiger partial charge in [-0.1, -0.05) is 54.4 Å². The second kappa shape index (κ2) is 14.1. The van der Waals surface area contributed by atoms with Gasteiger partial charge in [0.15, 0.2) is 11.5 Å². The van der Waals surface area contributed by atoms with Crippen molar-refractivity contribution in [3.63, 3.8) is 0 Å². The number of carbonyl (C=O) groups is 2. The number of ether oxygens (including phenoxy) is 2. The second-order valence-electron chi connectivity index (χ2n) is 11.1. The number of aryl methyl sites for hydroxylation is 1. The minimum Gasteiger partial charge on any atom is -0.493 e. The Morgan fingerprint density at radius 2 is 1.58 bits per heavy atom. The fourth-order valence-corrected chi connectivity index (χ4v) is 6.13. The highest BCUT2D eigenvalue weighted by Crippen LogP contribution is 2.34. The molecule has 0 saturated carbocycles. The van der Waals surface area contributed by atoms with Gasteiger partial charge >= 0.3 is 0 Å². The molecular weight excluding hydrogens is 590 g/mol. The number of hydrogen-bond acceptors (Lipinski definition) is 6. The van der Waals surface area contributed by atoms with Crippen LogP contribution in [-0.4, -0.2) is 57.5 Å². The molecule has 0 aliphatic heterocycles. The first-order valence-corrected chi connectivity index (χ1v) is 15.7. The smallest absolute Gasteiger partial charge is 0.264 e. The number of benzene rings is 3. The number of nitrogens with zero attached hydrogens (tertiary/aromatic N) is 2. The predicted molar refractivity (Wildman–Crippen MR) is 169 cm³/mol. The van der Waals surface area contributed by atoms with Crippen LogP contribution in [0, 0.1) is 6.92 Å². The van der Waals surface area contributed by atoms with Crippen molar-refractivity contribution >= 4 is 39.1 Å². The van der Waals surface area contributed by atoms with Gasteiger partial charge in [-0.25, -0.2) is 8.42 Å². The molecule has 1 N–H and O–H groups in total. The third-order valence-electron chi connectivity index (χ3n) is 6.73.